The topological polar surface area (TPSA) is 63.2 Å². The Balaban J connectivity index is 3.18. The Morgan fingerprint density at radius 3 is 1.71 bits per heavy atom. The fourth-order valence-electron chi connectivity index (χ4n) is 1.47. The van der Waals surface area contributed by atoms with Crippen molar-refractivity contribution in [2.24, 2.45) is 0 Å². The normalized spacial score (nSPS) is 13.2. The summed E-state index contributed by atoms with van der Waals surface area (Å²) in [6.45, 7) is 0. The predicted molar refractivity (Wildman–Crippen MR) is 64.9 cm³/mol. The number of hydrogen-bond acceptors (Lipinski definition) is 3. The fourth-order valence-corrected chi connectivity index (χ4v) is 2.03. The van der Waals surface area contributed by atoms with Crippen molar-refractivity contribution < 1.29 is 48.3 Å². The lowest BCUT2D eigenvalue weighted by atomic mass is 10.1. The summed E-state index contributed by atoms with van der Waals surface area (Å²) in [5.41, 5.74) is -4.56. The van der Waals surface area contributed by atoms with E-state index in [1.807, 2.05) is 0 Å². The summed E-state index contributed by atoms with van der Waals surface area (Å²) in [6.07, 6.45) is -10.4. The molecule has 1 amide bonds. The molecule has 13 heteroatoms. The quantitative estimate of drug-likeness (QED) is 0.809. The van der Waals surface area contributed by atoms with Crippen LogP contribution in [0.2, 0.25) is 0 Å². The van der Waals surface area contributed by atoms with Gasteiger partial charge in [0.05, 0.1) is 11.1 Å². The molecule has 1 N–H and O–H groups in total. The molecule has 1 aromatic rings. The molecule has 0 aliphatic rings. The number of sulfone groups is 1. The van der Waals surface area contributed by atoms with E-state index < -0.39 is 56.4 Å². The maximum Gasteiger partial charge on any atom is 0.416 e. The Kier molecular flexibility index (Phi) is 5.48. The van der Waals surface area contributed by atoms with Gasteiger partial charge in [-0.25, -0.2) is 8.42 Å². The molecular weight excluding hydrogens is 378 g/mol. The van der Waals surface area contributed by atoms with Crippen LogP contribution in [0, 0.1) is 0 Å². The molecule has 0 saturated carbocycles. The molecule has 0 fully saturated rings. The predicted octanol–water partition coefficient (Wildman–Crippen LogP) is 3.30. The van der Waals surface area contributed by atoms with Crippen LogP contribution in [-0.4, -0.2) is 25.8 Å². The highest BCUT2D eigenvalue weighted by Crippen LogP contribution is 2.37. The van der Waals surface area contributed by atoms with Crippen molar-refractivity contribution >= 4 is 21.4 Å². The molecule has 0 bridgehead atoms. The monoisotopic (exact) mass is 385 g/mol. The van der Waals surface area contributed by atoms with Gasteiger partial charge in [-0.1, -0.05) is 0 Å². The van der Waals surface area contributed by atoms with E-state index in [-0.39, 0.29) is 18.2 Å². The van der Waals surface area contributed by atoms with Gasteiger partial charge >= 0.3 is 18.1 Å². The van der Waals surface area contributed by atoms with Gasteiger partial charge in [-0.3, -0.25) is 4.79 Å². The Morgan fingerprint density at radius 2 is 1.38 bits per heavy atom. The average Bonchev–Trinajstić information content (AvgIpc) is 2.35. The van der Waals surface area contributed by atoms with E-state index in [0.717, 1.165) is 0 Å². The molecule has 0 atom stereocenters. The standard InChI is InChI=1S/C11H7F8NO3S/c12-9(13)24(22,23)4-8(21)20-7-2-5(10(14,15)16)1-6(3-7)11(17,18)19/h1-3,9H,4H2,(H,20,21). The first-order valence-corrected chi connectivity index (χ1v) is 7.43. The van der Waals surface area contributed by atoms with Gasteiger partial charge in [0.25, 0.3) is 0 Å². The van der Waals surface area contributed by atoms with Crippen molar-refractivity contribution in [3.63, 3.8) is 0 Å². The zero-order valence-electron chi connectivity index (χ0n) is 11.2. The molecular formula is C11H7F8NO3S. The molecule has 4 nitrogen and oxygen atoms in total. The first-order chi connectivity index (χ1) is 10.6. The SMILES string of the molecule is O=C(CS(=O)(=O)C(F)F)Nc1cc(C(F)(F)F)cc(C(F)(F)F)c1. The summed E-state index contributed by atoms with van der Waals surface area (Å²) in [5, 5.41) is 1.43. The van der Waals surface area contributed by atoms with E-state index >= 15 is 0 Å². The average molecular weight is 385 g/mol. The number of benzene rings is 1. The zero-order chi connectivity index (χ0) is 18.9. The summed E-state index contributed by atoms with van der Waals surface area (Å²) in [6, 6.07) is 0.00974. The van der Waals surface area contributed by atoms with Gasteiger partial charge in [-0.2, -0.15) is 35.1 Å². The van der Waals surface area contributed by atoms with Crippen LogP contribution >= 0.6 is 0 Å². The third-order valence-electron chi connectivity index (χ3n) is 2.48. The van der Waals surface area contributed by atoms with Crippen LogP contribution < -0.4 is 5.32 Å². The van der Waals surface area contributed by atoms with Gasteiger partial charge in [0.1, 0.15) is 5.75 Å². The van der Waals surface area contributed by atoms with Gasteiger partial charge in [0.15, 0.2) is 0 Å². The number of halogens is 8. The van der Waals surface area contributed by atoms with Crippen LogP contribution in [0.1, 0.15) is 11.1 Å². The summed E-state index contributed by atoms with van der Waals surface area (Å²) in [4.78, 5) is 11.3. The van der Waals surface area contributed by atoms with Crippen LogP contribution in [0.15, 0.2) is 18.2 Å². The third kappa shape index (κ3) is 5.32. The lowest BCUT2D eigenvalue weighted by Crippen LogP contribution is -2.27. The highest BCUT2D eigenvalue weighted by Gasteiger charge is 2.37. The smallest absolute Gasteiger partial charge is 0.325 e. The van der Waals surface area contributed by atoms with E-state index in [4.69, 9.17) is 0 Å². The van der Waals surface area contributed by atoms with E-state index in [1.165, 1.54) is 5.32 Å². The molecule has 0 heterocycles. The second kappa shape index (κ2) is 6.53. The van der Waals surface area contributed by atoms with Gasteiger partial charge in [0.2, 0.25) is 15.7 Å². The van der Waals surface area contributed by atoms with Crippen LogP contribution in [0.3, 0.4) is 0 Å². The first kappa shape index (κ1) is 20.1. The minimum absolute atomic E-state index is 0.113. The molecule has 0 unspecified atom stereocenters. The summed E-state index contributed by atoms with van der Waals surface area (Å²) in [7, 11) is -5.18. The highest BCUT2D eigenvalue weighted by atomic mass is 32.2. The molecule has 0 saturated heterocycles. The van der Waals surface area contributed by atoms with Crippen molar-refractivity contribution in [1.82, 2.24) is 0 Å². The second-order valence-corrected chi connectivity index (χ2v) is 6.38. The van der Waals surface area contributed by atoms with Crippen LogP contribution in [0.4, 0.5) is 40.8 Å². The van der Waals surface area contributed by atoms with Gasteiger partial charge in [-0.15, -0.1) is 0 Å². The Hall–Kier alpha value is -1.92. The molecule has 24 heavy (non-hydrogen) atoms. The van der Waals surface area contributed by atoms with Gasteiger partial charge in [0, 0.05) is 5.69 Å². The number of amides is 1. The molecule has 0 spiro atoms. The fraction of sp³-hybridized carbons (Fsp3) is 0.364. The maximum atomic E-state index is 12.6. The molecule has 0 aromatic heterocycles. The van der Waals surface area contributed by atoms with Crippen molar-refractivity contribution in [2.45, 2.75) is 18.1 Å². The number of alkyl halides is 8. The molecule has 0 radical (unpaired) electrons. The van der Waals surface area contributed by atoms with E-state index in [2.05, 4.69) is 0 Å². The van der Waals surface area contributed by atoms with Crippen molar-refractivity contribution in [2.75, 3.05) is 11.1 Å². The number of nitrogens with one attached hydrogen (secondary N) is 1. The molecule has 0 aliphatic heterocycles. The number of rotatable bonds is 4. The minimum Gasteiger partial charge on any atom is -0.325 e. The third-order valence-corrected chi connectivity index (χ3v) is 3.68. The maximum absolute atomic E-state index is 12.6. The molecule has 1 aromatic carbocycles. The van der Waals surface area contributed by atoms with Gasteiger partial charge < -0.3 is 5.32 Å². The van der Waals surface area contributed by atoms with E-state index in [9.17, 15) is 48.3 Å². The summed E-state index contributed by atoms with van der Waals surface area (Å²) in [5.74, 6) is -7.43. The second-order valence-electron chi connectivity index (χ2n) is 4.41. The largest absolute Gasteiger partial charge is 0.416 e. The minimum atomic E-state index is -5.18. The van der Waals surface area contributed by atoms with Gasteiger partial charge in [-0.05, 0) is 18.2 Å². The van der Waals surface area contributed by atoms with Crippen LogP contribution in [-0.2, 0) is 27.0 Å². The Labute approximate surface area is 129 Å². The van der Waals surface area contributed by atoms with Crippen molar-refractivity contribution in [1.29, 1.82) is 0 Å². The number of anilines is 1. The summed E-state index contributed by atoms with van der Waals surface area (Å²) >= 11 is 0. The van der Waals surface area contributed by atoms with Crippen molar-refractivity contribution in [3.8, 4) is 0 Å². The lowest BCUT2D eigenvalue weighted by Gasteiger charge is -2.14. The van der Waals surface area contributed by atoms with E-state index in [0.29, 0.717) is 0 Å². The van der Waals surface area contributed by atoms with Crippen LogP contribution in [0.5, 0.6) is 0 Å². The number of hydrogen-bond donors (Lipinski definition) is 1. The first-order valence-electron chi connectivity index (χ1n) is 5.72. The zero-order valence-corrected chi connectivity index (χ0v) is 12.0. The Bertz CT molecular complexity index is 692. The van der Waals surface area contributed by atoms with Crippen LogP contribution in [0.25, 0.3) is 0 Å². The number of carbonyl (C=O) groups excluding carboxylic acids is 1. The molecule has 136 valence electrons. The number of carbonyl (C=O) groups is 1. The van der Waals surface area contributed by atoms with Crippen molar-refractivity contribution in [3.05, 3.63) is 29.3 Å². The molecule has 1 rings (SSSR count). The highest BCUT2D eigenvalue weighted by molar-refractivity contribution is 7.92. The summed E-state index contributed by atoms with van der Waals surface area (Å²) < 4.78 is 121. The molecule has 0 aliphatic carbocycles. The van der Waals surface area contributed by atoms with E-state index in [1.54, 1.807) is 0 Å². The Morgan fingerprint density at radius 1 is 0.958 bits per heavy atom. The lowest BCUT2D eigenvalue weighted by molar-refractivity contribution is -0.143.